The summed E-state index contributed by atoms with van der Waals surface area (Å²) in [6.45, 7) is 0. The third-order valence-electron chi connectivity index (χ3n) is 6.87. The van der Waals surface area contributed by atoms with Gasteiger partial charge in [0.05, 0.1) is 12.3 Å². The zero-order valence-electron chi connectivity index (χ0n) is 23.9. The van der Waals surface area contributed by atoms with Gasteiger partial charge in [-0.25, -0.2) is 0 Å². The fraction of sp³-hybridized carbons (Fsp3) is 0.290. The lowest BCUT2D eigenvalue weighted by Crippen LogP contribution is -2.54. The van der Waals surface area contributed by atoms with Crippen molar-refractivity contribution in [2.45, 2.75) is 50.6 Å². The van der Waals surface area contributed by atoms with Gasteiger partial charge in [0.15, 0.2) is 0 Å². The molecule has 0 saturated heterocycles. The maximum atomic E-state index is 13.3. The van der Waals surface area contributed by atoms with E-state index in [-0.39, 0.29) is 32.1 Å². The number of hydrogen-bond acceptors (Lipinski definition) is 7. The minimum atomic E-state index is -1.33. The predicted molar refractivity (Wildman–Crippen MR) is 165 cm³/mol. The van der Waals surface area contributed by atoms with Gasteiger partial charge in [-0.1, -0.05) is 54.6 Å². The van der Waals surface area contributed by atoms with E-state index in [0.717, 1.165) is 21.6 Å². The highest BCUT2D eigenvalue weighted by Crippen LogP contribution is 2.33. The molecule has 0 fully saturated rings. The molecule has 2 aromatic carbocycles. The summed E-state index contributed by atoms with van der Waals surface area (Å²) in [6.07, 6.45) is -1.35. The standard InChI is InChI=1S/C31H35N5O7S/c32-26(37)12-10-23(29(34)41)35-31(43)24(11-13-27(33)38)36-30(42)21(16-28(39)40)14-18-6-8-20(9-7-18)25-15-22(17-44-25)19-4-2-1-3-5-19/h1-9,15,17,21,23-24H,10-14,16H2,(H2,32,37)(H2,33,38)(H2,34,41)(H,35,43)(H,36,42)(H,39,40)/t21-,23+,24+/m1/s1. The van der Waals surface area contributed by atoms with Crippen molar-refractivity contribution in [2.75, 3.05) is 0 Å². The number of carboxylic acids is 1. The normalized spacial score (nSPS) is 12.8. The lowest BCUT2D eigenvalue weighted by Gasteiger charge is -2.24. The topological polar surface area (TPSA) is 225 Å². The Kier molecular flexibility index (Phi) is 12.2. The van der Waals surface area contributed by atoms with E-state index in [2.05, 4.69) is 22.1 Å². The maximum absolute atomic E-state index is 13.3. The molecule has 0 unspecified atom stereocenters. The number of rotatable bonds is 17. The van der Waals surface area contributed by atoms with E-state index in [9.17, 15) is 33.9 Å². The minimum absolute atomic E-state index is 0.0603. The van der Waals surface area contributed by atoms with Crippen molar-refractivity contribution < 1.29 is 33.9 Å². The van der Waals surface area contributed by atoms with Gasteiger partial charge in [0.25, 0.3) is 0 Å². The Morgan fingerprint density at radius 3 is 1.89 bits per heavy atom. The number of hydrogen-bond donors (Lipinski definition) is 6. The number of nitrogens with two attached hydrogens (primary N) is 3. The van der Waals surface area contributed by atoms with Crippen LogP contribution in [0.2, 0.25) is 0 Å². The molecule has 1 heterocycles. The molecule has 232 valence electrons. The third kappa shape index (κ3) is 10.3. The molecule has 12 nitrogen and oxygen atoms in total. The third-order valence-corrected chi connectivity index (χ3v) is 7.85. The molecule has 0 saturated carbocycles. The van der Waals surface area contributed by atoms with Crippen LogP contribution in [0.15, 0.2) is 66.0 Å². The molecule has 5 amide bonds. The first-order valence-corrected chi connectivity index (χ1v) is 14.7. The molecule has 44 heavy (non-hydrogen) atoms. The summed E-state index contributed by atoms with van der Waals surface area (Å²) in [4.78, 5) is 73.3. The quantitative estimate of drug-likeness (QED) is 0.131. The van der Waals surface area contributed by atoms with E-state index in [1.165, 1.54) is 0 Å². The molecule has 9 N–H and O–H groups in total. The highest BCUT2D eigenvalue weighted by molar-refractivity contribution is 7.14. The Hall–Kier alpha value is -5.04. The van der Waals surface area contributed by atoms with Crippen LogP contribution in [0.3, 0.4) is 0 Å². The molecule has 0 spiro atoms. The van der Waals surface area contributed by atoms with Crippen LogP contribution >= 0.6 is 11.3 Å². The van der Waals surface area contributed by atoms with Crippen LogP contribution in [-0.4, -0.2) is 52.7 Å². The lowest BCUT2D eigenvalue weighted by molar-refractivity contribution is -0.141. The van der Waals surface area contributed by atoms with Gasteiger partial charge in [-0.15, -0.1) is 11.3 Å². The summed E-state index contributed by atoms with van der Waals surface area (Å²) in [5.74, 6) is -6.23. The van der Waals surface area contributed by atoms with Crippen LogP contribution in [0, 0.1) is 5.92 Å². The van der Waals surface area contributed by atoms with E-state index in [1.807, 2.05) is 54.6 Å². The first-order valence-electron chi connectivity index (χ1n) is 13.8. The number of carbonyl (C=O) groups excluding carboxylic acids is 5. The average molecular weight is 622 g/mol. The first-order chi connectivity index (χ1) is 20.9. The van der Waals surface area contributed by atoms with Gasteiger partial charge >= 0.3 is 5.97 Å². The smallest absolute Gasteiger partial charge is 0.304 e. The van der Waals surface area contributed by atoms with Crippen molar-refractivity contribution in [3.8, 4) is 21.6 Å². The van der Waals surface area contributed by atoms with Gasteiger partial charge in [0, 0.05) is 17.7 Å². The predicted octanol–water partition coefficient (Wildman–Crippen LogP) is 1.70. The number of carboxylic acid groups (broad SMARTS) is 1. The van der Waals surface area contributed by atoms with Crippen molar-refractivity contribution in [3.63, 3.8) is 0 Å². The zero-order valence-corrected chi connectivity index (χ0v) is 24.7. The zero-order chi connectivity index (χ0) is 32.2. The molecule has 0 radical (unpaired) electrons. The van der Waals surface area contributed by atoms with E-state index >= 15 is 0 Å². The first kappa shape index (κ1) is 33.5. The monoisotopic (exact) mass is 621 g/mol. The Labute approximate surface area is 258 Å². The van der Waals surface area contributed by atoms with Gasteiger partial charge in [-0.2, -0.15) is 0 Å². The Bertz CT molecular complexity index is 1490. The molecule has 0 aliphatic carbocycles. The highest BCUT2D eigenvalue weighted by Gasteiger charge is 2.30. The molecule has 0 bridgehead atoms. The lowest BCUT2D eigenvalue weighted by atomic mass is 9.94. The number of nitrogens with one attached hydrogen (secondary N) is 2. The molecule has 3 atom stereocenters. The summed E-state index contributed by atoms with van der Waals surface area (Å²) < 4.78 is 0. The number of aliphatic carboxylic acids is 1. The van der Waals surface area contributed by atoms with Gasteiger partial charge in [0.1, 0.15) is 12.1 Å². The molecule has 13 heteroatoms. The largest absolute Gasteiger partial charge is 0.481 e. The van der Waals surface area contributed by atoms with Crippen LogP contribution in [0.4, 0.5) is 0 Å². The van der Waals surface area contributed by atoms with Crippen molar-refractivity contribution >= 4 is 46.8 Å². The van der Waals surface area contributed by atoms with E-state index in [0.29, 0.717) is 5.56 Å². The Balaban J connectivity index is 1.73. The Morgan fingerprint density at radius 1 is 0.727 bits per heavy atom. The SMILES string of the molecule is NC(=O)CC[C@H](NC(=O)[C@H](CCC(N)=O)NC(=O)[C@@H](CC(=O)O)Cc1ccc(-c2cc(-c3ccccc3)cs2)cc1)C(N)=O. The van der Waals surface area contributed by atoms with E-state index < -0.39 is 59.9 Å². The molecule has 0 aliphatic heterocycles. The fourth-order valence-corrected chi connectivity index (χ4v) is 5.44. The number of carbonyl (C=O) groups is 6. The molecule has 3 rings (SSSR count). The van der Waals surface area contributed by atoms with Crippen molar-refractivity contribution in [1.29, 1.82) is 0 Å². The number of primary amides is 3. The fourth-order valence-electron chi connectivity index (χ4n) is 4.52. The van der Waals surface area contributed by atoms with E-state index in [1.54, 1.807) is 11.3 Å². The second-order valence-electron chi connectivity index (χ2n) is 10.3. The van der Waals surface area contributed by atoms with Crippen molar-refractivity contribution in [1.82, 2.24) is 10.6 Å². The number of thiophene rings is 1. The van der Waals surface area contributed by atoms with Gasteiger partial charge in [-0.3, -0.25) is 28.8 Å². The molecular weight excluding hydrogens is 586 g/mol. The summed E-state index contributed by atoms with van der Waals surface area (Å²) in [5, 5.41) is 16.4. The molecule has 3 aromatic rings. The second kappa shape index (κ2) is 16.0. The highest BCUT2D eigenvalue weighted by atomic mass is 32.1. The van der Waals surface area contributed by atoms with Crippen LogP contribution in [-0.2, 0) is 35.2 Å². The summed E-state index contributed by atoms with van der Waals surface area (Å²) >= 11 is 1.59. The van der Waals surface area contributed by atoms with Crippen molar-refractivity contribution in [3.05, 3.63) is 71.6 Å². The minimum Gasteiger partial charge on any atom is -0.481 e. The van der Waals surface area contributed by atoms with Crippen molar-refractivity contribution in [2.24, 2.45) is 23.1 Å². The van der Waals surface area contributed by atoms with Crippen LogP contribution in [0.1, 0.15) is 37.7 Å². The maximum Gasteiger partial charge on any atom is 0.304 e. The summed E-state index contributed by atoms with van der Waals surface area (Å²) in [7, 11) is 0. The Morgan fingerprint density at radius 2 is 1.32 bits per heavy atom. The average Bonchev–Trinajstić information content (AvgIpc) is 3.47. The molecular formula is C31H35N5O7S. The van der Waals surface area contributed by atoms with Crippen LogP contribution < -0.4 is 27.8 Å². The van der Waals surface area contributed by atoms with Crippen LogP contribution in [0.25, 0.3) is 21.6 Å². The molecule has 0 aliphatic rings. The number of amides is 5. The summed E-state index contributed by atoms with van der Waals surface area (Å²) in [5.41, 5.74) is 19.5. The van der Waals surface area contributed by atoms with Gasteiger partial charge in [-0.05, 0) is 53.0 Å². The van der Waals surface area contributed by atoms with Crippen LogP contribution in [0.5, 0.6) is 0 Å². The van der Waals surface area contributed by atoms with Gasteiger partial charge < -0.3 is 32.9 Å². The van der Waals surface area contributed by atoms with Gasteiger partial charge in [0.2, 0.25) is 29.5 Å². The number of benzene rings is 2. The summed E-state index contributed by atoms with van der Waals surface area (Å²) in [6, 6.07) is 16.9. The molecule has 1 aromatic heterocycles. The van der Waals surface area contributed by atoms with E-state index in [4.69, 9.17) is 17.2 Å². The second-order valence-corrected chi connectivity index (χ2v) is 11.2.